The number of carboxylic acids is 1. The molecule has 0 amide bonds. The van der Waals surface area contributed by atoms with Gasteiger partial charge in [-0.3, -0.25) is 5.21 Å². The van der Waals surface area contributed by atoms with Gasteiger partial charge in [0.1, 0.15) is 12.7 Å². The quantitative estimate of drug-likeness (QED) is 0.597. The number of nitrogens with one attached hydrogen (secondary N) is 1. The van der Waals surface area contributed by atoms with Crippen molar-refractivity contribution in [1.29, 1.82) is 0 Å². The largest absolute Gasteiger partial charge is 0.478 e. The first-order chi connectivity index (χ1) is 10.5. The molecule has 6 heteroatoms. The Morgan fingerprint density at radius 2 is 2.05 bits per heavy atom. The molecule has 0 bridgehead atoms. The van der Waals surface area contributed by atoms with Crippen LogP contribution in [0.1, 0.15) is 21.5 Å². The molecule has 1 heterocycles. The molecule has 1 atom stereocenters. The van der Waals surface area contributed by atoms with E-state index >= 15 is 0 Å². The molecule has 3 rings (SSSR count). The lowest BCUT2D eigenvalue weighted by molar-refractivity contribution is 0.0162. The molecule has 22 heavy (non-hydrogen) atoms. The summed E-state index contributed by atoms with van der Waals surface area (Å²) in [7, 11) is 0. The average molecular weight is 318 g/mol. The highest BCUT2D eigenvalue weighted by Crippen LogP contribution is 2.36. The zero-order chi connectivity index (χ0) is 15.7. The molecule has 0 saturated heterocycles. The van der Waals surface area contributed by atoms with Gasteiger partial charge in [0.15, 0.2) is 5.69 Å². The first-order valence-corrected chi connectivity index (χ1v) is 7.02. The van der Waals surface area contributed by atoms with Crippen LogP contribution in [0.3, 0.4) is 0 Å². The summed E-state index contributed by atoms with van der Waals surface area (Å²) in [4.78, 5) is 11.2. The Labute approximate surface area is 132 Å². The molecule has 1 aliphatic rings. The minimum atomic E-state index is -1.01. The van der Waals surface area contributed by atoms with Gasteiger partial charge in [-0.25, -0.2) is 4.79 Å². The average Bonchev–Trinajstić information content (AvgIpc) is 2.86. The molecular weight excluding hydrogens is 304 g/mol. The molecular formula is C16H14ClN2O3+. The predicted molar refractivity (Wildman–Crippen MR) is 84.3 cm³/mol. The summed E-state index contributed by atoms with van der Waals surface area (Å²) in [5, 5.41) is 19.5. The van der Waals surface area contributed by atoms with Crippen molar-refractivity contribution in [2.24, 2.45) is 0 Å². The van der Waals surface area contributed by atoms with Crippen molar-refractivity contribution >= 4 is 29.3 Å². The van der Waals surface area contributed by atoms with E-state index in [1.165, 1.54) is 0 Å². The molecule has 0 aliphatic carbocycles. The molecule has 5 nitrogen and oxygen atoms in total. The van der Waals surface area contributed by atoms with E-state index in [1.54, 1.807) is 30.5 Å². The fraction of sp³-hybridized carbons (Fsp3) is 0.0625. The van der Waals surface area contributed by atoms with Crippen molar-refractivity contribution in [3.05, 3.63) is 70.4 Å². The van der Waals surface area contributed by atoms with Crippen molar-refractivity contribution < 1.29 is 15.1 Å². The number of hydrogen-bond donors (Lipinski definition) is 3. The van der Waals surface area contributed by atoms with E-state index in [-0.39, 0.29) is 10.2 Å². The summed E-state index contributed by atoms with van der Waals surface area (Å²) in [6, 6.07) is 12.2. The molecule has 3 N–H and O–H groups in total. The van der Waals surface area contributed by atoms with Crippen molar-refractivity contribution in [1.82, 2.24) is 10.2 Å². The number of nitrogens with zero attached hydrogens (tertiary/aromatic N) is 1. The van der Waals surface area contributed by atoms with Gasteiger partial charge < -0.3 is 5.11 Å². The third-order valence-electron chi connectivity index (χ3n) is 3.72. The maximum atomic E-state index is 11.2. The van der Waals surface area contributed by atoms with Crippen LogP contribution in [0.4, 0.5) is 5.69 Å². The zero-order valence-corrected chi connectivity index (χ0v) is 12.3. The van der Waals surface area contributed by atoms with Crippen LogP contribution in [-0.2, 0) is 6.54 Å². The van der Waals surface area contributed by atoms with Gasteiger partial charge in [-0.05, 0) is 29.9 Å². The van der Waals surface area contributed by atoms with Crippen LogP contribution in [-0.4, -0.2) is 16.3 Å². The van der Waals surface area contributed by atoms with E-state index in [0.717, 1.165) is 11.1 Å². The van der Waals surface area contributed by atoms with Crippen molar-refractivity contribution in [3.8, 4) is 0 Å². The van der Waals surface area contributed by atoms with Crippen molar-refractivity contribution in [3.63, 3.8) is 0 Å². The maximum Gasteiger partial charge on any atom is 0.335 e. The molecule has 1 aliphatic heterocycles. The van der Waals surface area contributed by atoms with E-state index < -0.39 is 5.97 Å². The molecule has 0 saturated carbocycles. The third-order valence-corrected chi connectivity index (χ3v) is 3.95. The van der Waals surface area contributed by atoms with Crippen LogP contribution in [0, 0.1) is 0 Å². The maximum absolute atomic E-state index is 11.2. The number of rotatable bonds is 4. The predicted octanol–water partition coefficient (Wildman–Crippen LogP) is 3.42. The number of hydrogen-bond acceptors (Lipinski definition) is 3. The number of halogens is 1. The van der Waals surface area contributed by atoms with Crippen LogP contribution >= 0.6 is 11.6 Å². The SMILES string of the molecule is O=C(O)c1ccc2c(c1)[N+](Cc1cccc(Cl)c1)(NO)C=C2. The third kappa shape index (κ3) is 2.51. The van der Waals surface area contributed by atoms with E-state index in [2.05, 4.69) is 5.59 Å². The first-order valence-electron chi connectivity index (χ1n) is 6.65. The number of aromatic carboxylic acids is 1. The van der Waals surface area contributed by atoms with Gasteiger partial charge in [0.2, 0.25) is 0 Å². The highest BCUT2D eigenvalue weighted by Gasteiger charge is 2.36. The fourth-order valence-corrected chi connectivity index (χ4v) is 2.85. The molecule has 0 radical (unpaired) electrons. The van der Waals surface area contributed by atoms with Crippen molar-refractivity contribution in [2.75, 3.05) is 0 Å². The molecule has 2 aromatic carbocycles. The number of quaternary nitrogens is 1. The van der Waals surface area contributed by atoms with E-state index in [1.807, 2.05) is 24.3 Å². The van der Waals surface area contributed by atoms with Gasteiger partial charge in [0.25, 0.3) is 0 Å². The topological polar surface area (TPSA) is 69.6 Å². The first kappa shape index (κ1) is 14.7. The van der Waals surface area contributed by atoms with Crippen LogP contribution in [0.25, 0.3) is 6.08 Å². The Hall–Kier alpha value is -2.18. The number of fused-ring (bicyclic) bond motifs is 1. The minimum Gasteiger partial charge on any atom is -0.478 e. The summed E-state index contributed by atoms with van der Waals surface area (Å²) in [5.41, 5.74) is 4.89. The molecule has 2 aromatic rings. The summed E-state index contributed by atoms with van der Waals surface area (Å²) < 4.78 is -0.0865. The summed E-state index contributed by atoms with van der Waals surface area (Å²) in [5.74, 6) is -1.01. The van der Waals surface area contributed by atoms with Crippen LogP contribution in [0.5, 0.6) is 0 Å². The fourth-order valence-electron chi connectivity index (χ4n) is 2.63. The van der Waals surface area contributed by atoms with Gasteiger partial charge in [-0.1, -0.05) is 23.7 Å². The Kier molecular flexibility index (Phi) is 3.72. The molecule has 1 unspecified atom stereocenters. The highest BCUT2D eigenvalue weighted by molar-refractivity contribution is 6.30. The van der Waals surface area contributed by atoms with Gasteiger partial charge in [0, 0.05) is 28.3 Å². The van der Waals surface area contributed by atoms with E-state index in [9.17, 15) is 10.0 Å². The Morgan fingerprint density at radius 3 is 2.73 bits per heavy atom. The van der Waals surface area contributed by atoms with Gasteiger partial charge in [-0.15, -0.1) is 0 Å². The summed E-state index contributed by atoms with van der Waals surface area (Å²) in [6.45, 7) is 0.392. The lowest BCUT2D eigenvalue weighted by atomic mass is 10.1. The highest BCUT2D eigenvalue weighted by atomic mass is 35.5. The van der Waals surface area contributed by atoms with E-state index in [4.69, 9.17) is 16.7 Å². The number of benzene rings is 2. The lowest BCUT2D eigenvalue weighted by Crippen LogP contribution is -2.52. The Morgan fingerprint density at radius 1 is 1.23 bits per heavy atom. The minimum absolute atomic E-state index is 0.0865. The van der Waals surface area contributed by atoms with Gasteiger partial charge in [0.05, 0.1) is 5.56 Å². The zero-order valence-electron chi connectivity index (χ0n) is 11.5. The number of carbonyl (C=O) groups is 1. The number of carboxylic acid groups (broad SMARTS) is 1. The molecule has 0 fully saturated rings. The molecule has 0 aromatic heterocycles. The summed E-state index contributed by atoms with van der Waals surface area (Å²) in [6.07, 6.45) is 3.62. The Bertz CT molecular complexity index is 776. The van der Waals surface area contributed by atoms with Crippen LogP contribution in [0.2, 0.25) is 5.02 Å². The monoisotopic (exact) mass is 317 g/mol. The normalized spacial score (nSPS) is 19.2. The lowest BCUT2D eigenvalue weighted by Gasteiger charge is -2.29. The second-order valence-electron chi connectivity index (χ2n) is 5.15. The van der Waals surface area contributed by atoms with Crippen molar-refractivity contribution in [2.45, 2.75) is 6.54 Å². The van der Waals surface area contributed by atoms with Gasteiger partial charge in [-0.2, -0.15) is 4.59 Å². The van der Waals surface area contributed by atoms with Crippen LogP contribution in [0.15, 0.2) is 48.7 Å². The van der Waals surface area contributed by atoms with E-state index in [0.29, 0.717) is 17.3 Å². The van der Waals surface area contributed by atoms with Crippen LogP contribution < -0.4 is 10.2 Å². The van der Waals surface area contributed by atoms with Gasteiger partial charge >= 0.3 is 5.97 Å². The molecule has 0 spiro atoms. The molecule has 112 valence electrons. The second-order valence-corrected chi connectivity index (χ2v) is 5.59. The standard InChI is InChI=1S/C16H13ClN2O3/c17-14-3-1-2-11(8-14)10-19(18-22)7-6-12-4-5-13(16(20)21)9-15(12)19/h1-9,18,22H,10H2/p+1. The summed E-state index contributed by atoms with van der Waals surface area (Å²) >= 11 is 6.00. The smallest absolute Gasteiger partial charge is 0.335 e. The Balaban J connectivity index is 2.04. The second kappa shape index (κ2) is 5.55.